The van der Waals surface area contributed by atoms with Gasteiger partial charge in [0.05, 0.1) is 8.66 Å². The van der Waals surface area contributed by atoms with Crippen molar-refractivity contribution in [3.05, 3.63) is 49.0 Å². The fraction of sp³-hybridized carbons (Fsp3) is 0.429. The van der Waals surface area contributed by atoms with Gasteiger partial charge in [0, 0.05) is 4.47 Å². The predicted molar refractivity (Wildman–Crippen MR) is 124 cm³/mol. The molecule has 5 nitrogen and oxygen atoms in total. The molecule has 29 heavy (non-hydrogen) atoms. The van der Waals surface area contributed by atoms with Gasteiger partial charge in [-0.3, -0.25) is 20.4 Å². The van der Waals surface area contributed by atoms with Crippen LogP contribution in [-0.4, -0.2) is 18.4 Å². The molecule has 1 heterocycles. The molecule has 2 amide bonds. The summed E-state index contributed by atoms with van der Waals surface area (Å²) in [5, 5.41) is 0. The van der Waals surface area contributed by atoms with Crippen LogP contribution >= 0.6 is 43.2 Å². The van der Waals surface area contributed by atoms with Crippen molar-refractivity contribution in [2.75, 3.05) is 6.61 Å². The number of hydrogen-bond acceptors (Lipinski definition) is 4. The van der Waals surface area contributed by atoms with Crippen LogP contribution in [0.3, 0.4) is 0 Å². The summed E-state index contributed by atoms with van der Waals surface area (Å²) in [6.45, 7) is 11.0. The Morgan fingerprint density at radius 3 is 2.17 bits per heavy atom. The lowest BCUT2D eigenvalue weighted by atomic mass is 9.72. The molecule has 0 spiro atoms. The van der Waals surface area contributed by atoms with Gasteiger partial charge in [-0.1, -0.05) is 46.8 Å². The molecule has 1 aromatic heterocycles. The standard InChI is InChI=1S/C21H26Br2N2O3S/c1-20(2,3)12-21(4,5)13-6-8-14(9-7-13)28-11-17(26)24-25-19(27)16-10-15(22)18(23)29-16/h6-10H,11-12H2,1-5H3,(H,24,26)(H,25,27). The Labute approximate surface area is 192 Å². The highest BCUT2D eigenvalue weighted by Gasteiger charge is 2.27. The van der Waals surface area contributed by atoms with Crippen LogP contribution in [0.2, 0.25) is 0 Å². The van der Waals surface area contributed by atoms with E-state index in [1.165, 1.54) is 16.9 Å². The van der Waals surface area contributed by atoms with Crippen LogP contribution in [0, 0.1) is 5.41 Å². The van der Waals surface area contributed by atoms with E-state index in [1.807, 2.05) is 24.3 Å². The zero-order chi connectivity index (χ0) is 21.8. The highest BCUT2D eigenvalue weighted by Crippen LogP contribution is 2.36. The van der Waals surface area contributed by atoms with Gasteiger partial charge in [0.15, 0.2) is 6.61 Å². The predicted octanol–water partition coefficient (Wildman–Crippen LogP) is 5.83. The molecule has 1 aromatic carbocycles. The fourth-order valence-corrected chi connectivity index (χ4v) is 5.19. The number of benzene rings is 1. The first-order valence-corrected chi connectivity index (χ1v) is 11.5. The zero-order valence-electron chi connectivity index (χ0n) is 17.2. The van der Waals surface area contributed by atoms with Gasteiger partial charge in [-0.05, 0) is 72.9 Å². The summed E-state index contributed by atoms with van der Waals surface area (Å²) >= 11 is 7.92. The Bertz CT molecular complexity index is 852. The third-order valence-electron chi connectivity index (χ3n) is 4.16. The Morgan fingerprint density at radius 1 is 1.03 bits per heavy atom. The van der Waals surface area contributed by atoms with Gasteiger partial charge in [-0.25, -0.2) is 0 Å². The van der Waals surface area contributed by atoms with Crippen molar-refractivity contribution >= 4 is 55.0 Å². The maximum absolute atomic E-state index is 12.0. The number of nitrogens with one attached hydrogen (secondary N) is 2. The second-order valence-electron chi connectivity index (χ2n) is 8.67. The zero-order valence-corrected chi connectivity index (χ0v) is 21.2. The minimum atomic E-state index is -0.440. The monoisotopic (exact) mass is 544 g/mol. The van der Waals surface area contributed by atoms with E-state index in [2.05, 4.69) is 77.3 Å². The Hall–Kier alpha value is -1.38. The number of hydrogen-bond donors (Lipinski definition) is 2. The van der Waals surface area contributed by atoms with Gasteiger partial charge in [-0.15, -0.1) is 11.3 Å². The summed E-state index contributed by atoms with van der Waals surface area (Å²) in [7, 11) is 0. The molecule has 0 bridgehead atoms. The third kappa shape index (κ3) is 7.42. The van der Waals surface area contributed by atoms with Crippen molar-refractivity contribution in [2.45, 2.75) is 46.5 Å². The second kappa shape index (κ2) is 9.62. The average molecular weight is 546 g/mol. The Balaban J connectivity index is 1.83. The number of halogens is 2. The second-order valence-corrected chi connectivity index (χ2v) is 11.9. The maximum Gasteiger partial charge on any atom is 0.279 e. The molecule has 0 radical (unpaired) electrons. The normalized spacial score (nSPS) is 11.8. The number of thiophene rings is 1. The van der Waals surface area contributed by atoms with Crippen LogP contribution in [0.4, 0.5) is 0 Å². The van der Waals surface area contributed by atoms with Gasteiger partial charge in [0.25, 0.3) is 11.8 Å². The maximum atomic E-state index is 12.0. The van der Waals surface area contributed by atoms with E-state index < -0.39 is 5.91 Å². The van der Waals surface area contributed by atoms with Gasteiger partial charge < -0.3 is 4.74 Å². The smallest absolute Gasteiger partial charge is 0.279 e. The van der Waals surface area contributed by atoms with Gasteiger partial charge in [0.1, 0.15) is 5.75 Å². The van der Waals surface area contributed by atoms with Crippen LogP contribution in [0.15, 0.2) is 38.6 Å². The molecular weight excluding hydrogens is 520 g/mol. The molecule has 0 saturated carbocycles. The molecule has 158 valence electrons. The fourth-order valence-electron chi connectivity index (χ4n) is 3.26. The van der Waals surface area contributed by atoms with Crippen LogP contribution in [-0.2, 0) is 10.2 Å². The highest BCUT2D eigenvalue weighted by molar-refractivity contribution is 9.13. The first-order valence-electron chi connectivity index (χ1n) is 9.15. The Kier molecular flexibility index (Phi) is 7.93. The molecule has 8 heteroatoms. The van der Waals surface area contributed by atoms with Crippen LogP contribution in [0.5, 0.6) is 5.75 Å². The highest BCUT2D eigenvalue weighted by atomic mass is 79.9. The quantitative estimate of drug-likeness (QED) is 0.449. The number of ether oxygens (including phenoxy) is 1. The first kappa shape index (κ1) is 23.9. The number of carbonyl (C=O) groups is 2. The number of hydrazine groups is 1. The Morgan fingerprint density at radius 2 is 1.66 bits per heavy atom. The van der Waals surface area contributed by atoms with Crippen molar-refractivity contribution in [1.82, 2.24) is 10.9 Å². The summed E-state index contributed by atoms with van der Waals surface area (Å²) in [4.78, 5) is 24.4. The molecule has 0 aliphatic rings. The molecule has 2 N–H and O–H groups in total. The summed E-state index contributed by atoms with van der Waals surface area (Å²) in [6, 6.07) is 9.48. The van der Waals surface area contributed by atoms with E-state index in [1.54, 1.807) is 6.07 Å². The topological polar surface area (TPSA) is 67.4 Å². The minimum absolute atomic E-state index is 0.0459. The van der Waals surface area contributed by atoms with E-state index in [9.17, 15) is 9.59 Å². The lowest BCUT2D eigenvalue weighted by Crippen LogP contribution is -2.43. The van der Waals surface area contributed by atoms with Crippen molar-refractivity contribution in [3.63, 3.8) is 0 Å². The summed E-state index contributed by atoms with van der Waals surface area (Å²) in [6.07, 6.45) is 1.06. The minimum Gasteiger partial charge on any atom is -0.484 e. The molecule has 0 fully saturated rings. The van der Waals surface area contributed by atoms with Crippen LogP contribution in [0.1, 0.15) is 56.3 Å². The van der Waals surface area contributed by atoms with Crippen LogP contribution in [0.25, 0.3) is 0 Å². The number of rotatable bonds is 6. The SMILES string of the molecule is CC(C)(C)CC(C)(C)c1ccc(OCC(=O)NNC(=O)c2cc(Br)c(Br)s2)cc1. The third-order valence-corrected chi connectivity index (χ3v) is 7.42. The summed E-state index contributed by atoms with van der Waals surface area (Å²) in [5.41, 5.74) is 6.24. The molecule has 0 unspecified atom stereocenters. The van der Waals surface area contributed by atoms with Gasteiger partial charge in [-0.2, -0.15) is 0 Å². The molecule has 0 aliphatic heterocycles. The van der Waals surface area contributed by atoms with Crippen LogP contribution < -0.4 is 15.6 Å². The van der Waals surface area contributed by atoms with E-state index in [0.29, 0.717) is 10.6 Å². The van der Waals surface area contributed by atoms with Gasteiger partial charge >= 0.3 is 0 Å². The lowest BCUT2D eigenvalue weighted by Gasteiger charge is -2.33. The molecule has 0 aliphatic carbocycles. The molecular formula is C21H26Br2N2O3S. The van der Waals surface area contributed by atoms with Gasteiger partial charge in [0.2, 0.25) is 0 Å². The first-order chi connectivity index (χ1) is 13.4. The summed E-state index contributed by atoms with van der Waals surface area (Å²) < 4.78 is 7.12. The lowest BCUT2D eigenvalue weighted by molar-refractivity contribution is -0.123. The van der Waals surface area contributed by atoms with Crippen molar-refractivity contribution in [2.24, 2.45) is 5.41 Å². The van der Waals surface area contributed by atoms with E-state index in [4.69, 9.17) is 4.74 Å². The number of amides is 2. The van der Waals surface area contributed by atoms with Crippen molar-refractivity contribution in [3.8, 4) is 5.75 Å². The molecule has 0 atom stereocenters. The van der Waals surface area contributed by atoms with E-state index >= 15 is 0 Å². The molecule has 2 rings (SSSR count). The van der Waals surface area contributed by atoms with E-state index in [0.717, 1.165) is 14.7 Å². The molecule has 2 aromatic rings. The number of carbonyl (C=O) groups excluding carboxylic acids is 2. The van der Waals surface area contributed by atoms with Crippen molar-refractivity contribution in [1.29, 1.82) is 0 Å². The summed E-state index contributed by atoms with van der Waals surface area (Å²) in [5.74, 6) is -0.224. The largest absolute Gasteiger partial charge is 0.484 e. The van der Waals surface area contributed by atoms with Crippen molar-refractivity contribution < 1.29 is 14.3 Å². The average Bonchev–Trinajstić information content (AvgIpc) is 2.95. The molecule has 0 saturated heterocycles. The van der Waals surface area contributed by atoms with E-state index in [-0.39, 0.29) is 23.3 Å².